The van der Waals surface area contributed by atoms with Gasteiger partial charge in [0.2, 0.25) is 29.5 Å². The topological polar surface area (TPSA) is 215 Å². The van der Waals surface area contributed by atoms with Crippen LogP contribution < -0.4 is 16.0 Å². The number of rotatable bonds is 19. The molecule has 0 radical (unpaired) electrons. The van der Waals surface area contributed by atoms with Crippen molar-refractivity contribution < 1.29 is 52.8 Å². The van der Waals surface area contributed by atoms with E-state index in [0.717, 1.165) is 27.3 Å². The lowest BCUT2D eigenvalue weighted by Gasteiger charge is -2.35. The highest BCUT2D eigenvalue weighted by molar-refractivity contribution is 7.13. The predicted molar refractivity (Wildman–Crippen MR) is 234 cm³/mol. The minimum absolute atomic E-state index is 0.0280. The Hall–Kier alpha value is -5.55. The zero-order chi connectivity index (χ0) is 45.8. The third-order valence-corrected chi connectivity index (χ3v) is 12.0. The fraction of sp³-hybridized carbons (Fsp3) is 0.500. The summed E-state index contributed by atoms with van der Waals surface area (Å²) in [5.41, 5.74) is 5.90. The Bertz CT molecular complexity index is 2230. The van der Waals surface area contributed by atoms with Crippen LogP contribution in [0.15, 0.2) is 48.0 Å². The molecule has 2 fully saturated rings. The summed E-state index contributed by atoms with van der Waals surface area (Å²) in [5, 5.41) is 18.5. The number of β-amino-alcohol motifs (C(OH)–C–C–N with tert-alkyl or cyclic N) is 1. The molecular formula is C46H56N6O11S. The van der Waals surface area contributed by atoms with Gasteiger partial charge < -0.3 is 44.5 Å². The van der Waals surface area contributed by atoms with Crippen molar-refractivity contribution in [3.8, 4) is 22.3 Å². The van der Waals surface area contributed by atoms with Gasteiger partial charge in [-0.05, 0) is 47.6 Å². The third kappa shape index (κ3) is 12.6. The lowest BCUT2D eigenvalue weighted by Crippen LogP contribution is -2.58. The number of aliphatic hydroxyl groups is 1. The number of fused-ring (bicyclic) bond motifs is 1. The number of hydrogen-bond donors (Lipinski definition) is 4. The van der Waals surface area contributed by atoms with Crippen molar-refractivity contribution >= 4 is 46.8 Å². The van der Waals surface area contributed by atoms with Gasteiger partial charge in [0.1, 0.15) is 31.3 Å². The second kappa shape index (κ2) is 22.4. The number of aliphatic hydroxyl groups excluding tert-OH is 1. The average molecular weight is 901 g/mol. The first-order valence-electron chi connectivity index (χ1n) is 21.3. The van der Waals surface area contributed by atoms with Crippen molar-refractivity contribution in [1.29, 1.82) is 0 Å². The minimum Gasteiger partial charge on any atom is -0.391 e. The maximum Gasteiger partial charge on any atom is 0.255 e. The van der Waals surface area contributed by atoms with E-state index < -0.39 is 47.4 Å². The quantitative estimate of drug-likeness (QED) is 0.0774. The molecule has 2 saturated heterocycles. The molecule has 1 aromatic heterocycles. The fourth-order valence-corrected chi connectivity index (χ4v) is 8.47. The molecule has 6 amide bonds. The number of nitrogens with zero attached hydrogens (tertiary/aromatic N) is 3. The summed E-state index contributed by atoms with van der Waals surface area (Å²) < 4.78 is 22.1. The molecule has 0 spiro atoms. The Morgan fingerprint density at radius 2 is 1.69 bits per heavy atom. The highest BCUT2D eigenvalue weighted by Gasteiger charge is 2.45. The smallest absolute Gasteiger partial charge is 0.255 e. The first kappa shape index (κ1) is 47.9. The van der Waals surface area contributed by atoms with Crippen LogP contribution >= 0.6 is 11.3 Å². The van der Waals surface area contributed by atoms with E-state index >= 15 is 0 Å². The van der Waals surface area contributed by atoms with E-state index in [0.29, 0.717) is 44.0 Å². The summed E-state index contributed by atoms with van der Waals surface area (Å²) in [5.74, 6) is 3.63. The van der Waals surface area contributed by atoms with Crippen LogP contribution in [0.1, 0.15) is 72.8 Å². The number of imide groups is 1. The molecule has 2 unspecified atom stereocenters. The number of hydrogen-bond acceptors (Lipinski definition) is 13. The van der Waals surface area contributed by atoms with Crippen molar-refractivity contribution in [3.63, 3.8) is 0 Å². The molecule has 3 aromatic rings. The molecule has 342 valence electrons. The molecule has 2 aromatic carbocycles. The van der Waals surface area contributed by atoms with Gasteiger partial charge in [-0.1, -0.05) is 62.9 Å². The summed E-state index contributed by atoms with van der Waals surface area (Å²) in [6.07, 6.45) is -0.316. The maximum atomic E-state index is 13.9. The molecule has 6 rings (SSSR count). The van der Waals surface area contributed by atoms with Gasteiger partial charge in [0.05, 0.1) is 61.8 Å². The lowest BCUT2D eigenvalue weighted by molar-refractivity contribution is -0.144. The molecule has 64 heavy (non-hydrogen) atoms. The van der Waals surface area contributed by atoms with Crippen molar-refractivity contribution in [2.45, 2.75) is 84.3 Å². The molecule has 3 aliphatic rings. The van der Waals surface area contributed by atoms with Gasteiger partial charge in [-0.15, -0.1) is 11.3 Å². The van der Waals surface area contributed by atoms with Crippen molar-refractivity contribution in [3.05, 3.63) is 75.9 Å². The van der Waals surface area contributed by atoms with E-state index in [2.05, 4.69) is 32.8 Å². The Morgan fingerprint density at radius 1 is 0.984 bits per heavy atom. The van der Waals surface area contributed by atoms with Gasteiger partial charge in [0.15, 0.2) is 0 Å². The number of aryl methyl sites for hydroxylation is 1. The number of carbonyl (C=O) groups excluding carboxylic acids is 6. The van der Waals surface area contributed by atoms with Crippen molar-refractivity contribution in [2.24, 2.45) is 5.41 Å². The van der Waals surface area contributed by atoms with Crippen molar-refractivity contribution in [1.82, 2.24) is 30.7 Å². The van der Waals surface area contributed by atoms with Crippen LogP contribution in [0.4, 0.5) is 0 Å². The number of piperidine rings is 1. The summed E-state index contributed by atoms with van der Waals surface area (Å²) in [6, 6.07) is 10.5. The zero-order valence-electron chi connectivity index (χ0n) is 36.6. The van der Waals surface area contributed by atoms with E-state index in [1.165, 1.54) is 9.80 Å². The number of likely N-dealkylation sites (tertiary alicyclic amines) is 1. The second-order valence-corrected chi connectivity index (χ2v) is 17.7. The van der Waals surface area contributed by atoms with Crippen LogP contribution in [0, 0.1) is 24.2 Å². The highest BCUT2D eigenvalue weighted by Crippen LogP contribution is 2.31. The SMILES string of the molecule is Cc1ncsc1-c1ccc(CNC(=O)[C@@H]2C[C@@H](O)CN2C(=O)C(NC(=O)COCCOCCOCCOCC#Cc2cccc3c2CN(C2CCC(=O)NC2=O)C3=O)C(C)(C)C)cc1. The number of thiazole rings is 1. The van der Waals surface area contributed by atoms with Crippen LogP contribution in [-0.2, 0) is 56.0 Å². The van der Waals surface area contributed by atoms with Crippen molar-refractivity contribution in [2.75, 3.05) is 59.4 Å². The van der Waals surface area contributed by atoms with Gasteiger partial charge in [-0.3, -0.25) is 34.1 Å². The van der Waals surface area contributed by atoms with E-state index in [1.54, 1.807) is 29.0 Å². The lowest BCUT2D eigenvalue weighted by atomic mass is 9.85. The standard InChI is InChI=1S/C46H56N6O11S/c1-29-40(64-28-48-29)32-12-10-30(11-13-32)24-47-42(56)37-23-33(53)25-51(37)45(59)41(46(2,3)4)49-39(55)27-63-22-21-62-20-19-61-18-17-60-16-6-8-31-7-5-9-34-35(31)26-52(44(34)58)36-14-15-38(54)50-43(36)57/h5,7,9-13,28,33,36-37,41,53H,14-27H2,1-4H3,(H,47,56)(H,49,55)(H,50,54,57)/t33-,36?,37+,41?/m1/s1. The van der Waals surface area contributed by atoms with Crippen LogP contribution in [-0.4, -0.2) is 139 Å². The Labute approximate surface area is 376 Å². The fourth-order valence-electron chi connectivity index (χ4n) is 7.66. The maximum absolute atomic E-state index is 13.9. The number of ether oxygens (including phenoxy) is 4. The van der Waals surface area contributed by atoms with Gasteiger partial charge in [0.25, 0.3) is 5.91 Å². The largest absolute Gasteiger partial charge is 0.391 e. The first-order valence-corrected chi connectivity index (χ1v) is 22.2. The summed E-state index contributed by atoms with van der Waals surface area (Å²) in [7, 11) is 0. The molecular weight excluding hydrogens is 845 g/mol. The number of nitrogens with one attached hydrogen (secondary N) is 3. The van der Waals surface area contributed by atoms with Crippen LogP contribution in [0.25, 0.3) is 10.4 Å². The molecule has 18 heteroatoms. The highest BCUT2D eigenvalue weighted by atomic mass is 32.1. The van der Waals surface area contributed by atoms with Crippen LogP contribution in [0.3, 0.4) is 0 Å². The molecule has 0 bridgehead atoms. The van der Waals surface area contributed by atoms with E-state index in [-0.39, 0.29) is 76.6 Å². The molecule has 4 atom stereocenters. The van der Waals surface area contributed by atoms with E-state index in [9.17, 15) is 33.9 Å². The molecule has 3 aliphatic heterocycles. The molecule has 4 N–H and O–H groups in total. The number of aromatic nitrogens is 1. The summed E-state index contributed by atoms with van der Waals surface area (Å²) in [4.78, 5) is 85.4. The number of benzene rings is 2. The van der Waals surface area contributed by atoms with Crippen LogP contribution in [0.2, 0.25) is 0 Å². The normalized spacial score (nSPS) is 18.9. The molecule has 17 nitrogen and oxygen atoms in total. The Balaban J connectivity index is 0.830. The average Bonchev–Trinajstić information content (AvgIpc) is 3.98. The van der Waals surface area contributed by atoms with E-state index in [4.69, 9.17) is 18.9 Å². The Morgan fingerprint density at radius 3 is 2.36 bits per heavy atom. The predicted octanol–water partition coefficient (Wildman–Crippen LogP) is 2.11. The summed E-state index contributed by atoms with van der Waals surface area (Å²) >= 11 is 1.56. The third-order valence-electron chi connectivity index (χ3n) is 11.0. The van der Waals surface area contributed by atoms with Gasteiger partial charge >= 0.3 is 0 Å². The van der Waals surface area contributed by atoms with Gasteiger partial charge in [0, 0.05) is 43.6 Å². The Kier molecular flexibility index (Phi) is 16.8. The van der Waals surface area contributed by atoms with Crippen LogP contribution in [0.5, 0.6) is 0 Å². The minimum atomic E-state index is -0.979. The molecule has 4 heterocycles. The number of carbonyl (C=O) groups is 6. The summed E-state index contributed by atoms with van der Waals surface area (Å²) in [6.45, 7) is 9.27. The molecule has 0 aliphatic carbocycles. The van der Waals surface area contributed by atoms with Gasteiger partial charge in [-0.2, -0.15) is 0 Å². The monoisotopic (exact) mass is 900 g/mol. The number of amides is 6. The second-order valence-electron chi connectivity index (χ2n) is 16.8. The van der Waals surface area contributed by atoms with Gasteiger partial charge in [-0.25, -0.2) is 4.98 Å². The first-order chi connectivity index (χ1) is 30.7. The zero-order valence-corrected chi connectivity index (χ0v) is 37.4. The molecule has 0 saturated carbocycles. The van der Waals surface area contributed by atoms with E-state index in [1.807, 2.05) is 58.0 Å².